The van der Waals surface area contributed by atoms with Crippen molar-refractivity contribution < 1.29 is 12.8 Å². The topological polar surface area (TPSA) is 37.4 Å². The molecular weight excluding hydrogens is 217 g/mol. The molecule has 15 heavy (non-hydrogen) atoms. The number of rotatable bonds is 3. The Morgan fingerprint density at radius 2 is 2.00 bits per heavy atom. The van der Waals surface area contributed by atoms with E-state index >= 15 is 0 Å². The van der Waals surface area contributed by atoms with Crippen LogP contribution in [0, 0.1) is 12.7 Å². The van der Waals surface area contributed by atoms with E-state index in [4.69, 9.17) is 0 Å². The van der Waals surface area contributed by atoms with Gasteiger partial charge in [0.1, 0.15) is 5.82 Å². The van der Waals surface area contributed by atoms with Crippen LogP contribution in [0.3, 0.4) is 0 Å². The van der Waals surface area contributed by atoms with Crippen molar-refractivity contribution in [2.24, 2.45) is 0 Å². The van der Waals surface area contributed by atoms with Crippen LogP contribution in [0.5, 0.6) is 0 Å². The first kappa shape index (κ1) is 12.1. The maximum absolute atomic E-state index is 13.2. The van der Waals surface area contributed by atoms with Gasteiger partial charge < -0.3 is 0 Å². The summed E-state index contributed by atoms with van der Waals surface area (Å²) in [7, 11) is -1.75. The number of sulfonamides is 1. The van der Waals surface area contributed by atoms with Crippen LogP contribution in [0.15, 0.2) is 18.2 Å². The second-order valence-electron chi connectivity index (χ2n) is 3.54. The van der Waals surface area contributed by atoms with Crippen LogP contribution >= 0.6 is 0 Å². The molecule has 0 aliphatic carbocycles. The maximum Gasteiger partial charge on any atom is 0.211 e. The smallest absolute Gasteiger partial charge is 0.211 e. The first-order valence-electron chi connectivity index (χ1n) is 4.47. The Balaban J connectivity index is 2.96. The molecule has 0 N–H and O–H groups in total. The molecule has 1 rings (SSSR count). The molecule has 1 aromatic rings. The van der Waals surface area contributed by atoms with Crippen molar-refractivity contribution in [2.45, 2.75) is 13.5 Å². The molecule has 84 valence electrons. The Morgan fingerprint density at radius 3 is 2.53 bits per heavy atom. The number of hydrogen-bond donors (Lipinski definition) is 0. The summed E-state index contributed by atoms with van der Waals surface area (Å²) in [6, 6.07) is 4.66. The summed E-state index contributed by atoms with van der Waals surface area (Å²) in [5.41, 5.74) is 1.18. The zero-order valence-electron chi connectivity index (χ0n) is 8.99. The zero-order valence-corrected chi connectivity index (χ0v) is 9.81. The van der Waals surface area contributed by atoms with Gasteiger partial charge in [0.25, 0.3) is 0 Å². The van der Waals surface area contributed by atoms with Crippen LogP contribution in [0.2, 0.25) is 0 Å². The Hall–Kier alpha value is -0.940. The number of benzene rings is 1. The second kappa shape index (κ2) is 4.28. The summed E-state index contributed by atoms with van der Waals surface area (Å²) in [4.78, 5) is 0. The number of nitrogens with zero attached hydrogens (tertiary/aromatic N) is 1. The average molecular weight is 231 g/mol. The lowest BCUT2D eigenvalue weighted by Crippen LogP contribution is -2.25. The highest BCUT2D eigenvalue weighted by molar-refractivity contribution is 7.88. The van der Waals surface area contributed by atoms with E-state index in [0.29, 0.717) is 11.1 Å². The monoisotopic (exact) mass is 231 g/mol. The molecule has 0 saturated carbocycles. The SMILES string of the molecule is Cc1c(F)cccc1CN(C)S(C)(=O)=O. The molecule has 0 heterocycles. The number of hydrogen-bond acceptors (Lipinski definition) is 2. The van der Waals surface area contributed by atoms with Gasteiger partial charge in [-0.3, -0.25) is 0 Å². The van der Waals surface area contributed by atoms with Crippen LogP contribution in [0.25, 0.3) is 0 Å². The minimum atomic E-state index is -3.22. The highest BCUT2D eigenvalue weighted by atomic mass is 32.2. The van der Waals surface area contributed by atoms with Crippen LogP contribution in [0.4, 0.5) is 4.39 Å². The van der Waals surface area contributed by atoms with Crippen molar-refractivity contribution in [1.29, 1.82) is 0 Å². The highest BCUT2D eigenvalue weighted by Crippen LogP contribution is 2.14. The fourth-order valence-corrected chi connectivity index (χ4v) is 1.55. The van der Waals surface area contributed by atoms with Crippen molar-refractivity contribution >= 4 is 10.0 Å². The van der Waals surface area contributed by atoms with E-state index in [1.807, 2.05) is 0 Å². The summed E-state index contributed by atoms with van der Waals surface area (Å²) >= 11 is 0. The quantitative estimate of drug-likeness (QED) is 0.791. The van der Waals surface area contributed by atoms with Crippen molar-refractivity contribution in [3.8, 4) is 0 Å². The van der Waals surface area contributed by atoms with Gasteiger partial charge in [-0.15, -0.1) is 0 Å². The predicted octanol–water partition coefficient (Wildman–Crippen LogP) is 1.53. The van der Waals surface area contributed by atoms with Crippen molar-refractivity contribution in [1.82, 2.24) is 4.31 Å². The molecule has 0 unspecified atom stereocenters. The molecule has 5 heteroatoms. The molecule has 0 bridgehead atoms. The Morgan fingerprint density at radius 1 is 1.40 bits per heavy atom. The molecule has 0 aromatic heterocycles. The molecular formula is C10H14FNO2S. The zero-order chi connectivity index (χ0) is 11.6. The molecule has 0 atom stereocenters. The number of halogens is 1. The Bertz CT molecular complexity index is 456. The average Bonchev–Trinajstić information content (AvgIpc) is 2.11. The lowest BCUT2D eigenvalue weighted by molar-refractivity contribution is 0.469. The van der Waals surface area contributed by atoms with Crippen molar-refractivity contribution in [2.75, 3.05) is 13.3 Å². The van der Waals surface area contributed by atoms with E-state index in [9.17, 15) is 12.8 Å². The minimum absolute atomic E-state index is 0.197. The van der Waals surface area contributed by atoms with E-state index < -0.39 is 10.0 Å². The van der Waals surface area contributed by atoms with Gasteiger partial charge in [-0.2, -0.15) is 0 Å². The first-order chi connectivity index (χ1) is 6.82. The Labute approximate surface area is 89.6 Å². The third-order valence-corrected chi connectivity index (χ3v) is 3.60. The standard InChI is InChI=1S/C10H14FNO2S/c1-8-9(5-4-6-10(8)11)7-12(2)15(3,13)14/h4-6H,7H2,1-3H3. The van der Waals surface area contributed by atoms with Crippen LogP contribution in [0.1, 0.15) is 11.1 Å². The highest BCUT2D eigenvalue weighted by Gasteiger charge is 2.13. The van der Waals surface area contributed by atoms with E-state index in [1.165, 1.54) is 17.4 Å². The van der Waals surface area contributed by atoms with E-state index in [2.05, 4.69) is 0 Å². The molecule has 0 aliphatic heterocycles. The van der Waals surface area contributed by atoms with E-state index in [-0.39, 0.29) is 12.4 Å². The van der Waals surface area contributed by atoms with Gasteiger partial charge in [0.2, 0.25) is 10.0 Å². The third kappa shape index (κ3) is 3.00. The van der Waals surface area contributed by atoms with Crippen molar-refractivity contribution in [3.63, 3.8) is 0 Å². The summed E-state index contributed by atoms with van der Waals surface area (Å²) in [6.07, 6.45) is 1.13. The fourth-order valence-electron chi connectivity index (χ4n) is 1.18. The van der Waals surface area contributed by atoms with Gasteiger partial charge in [0.15, 0.2) is 0 Å². The van der Waals surface area contributed by atoms with Gasteiger partial charge >= 0.3 is 0 Å². The third-order valence-electron chi connectivity index (χ3n) is 2.34. The van der Waals surface area contributed by atoms with Gasteiger partial charge in [-0.25, -0.2) is 17.1 Å². The maximum atomic E-state index is 13.2. The van der Waals surface area contributed by atoms with E-state index in [1.54, 1.807) is 19.1 Å². The molecule has 0 saturated heterocycles. The lowest BCUT2D eigenvalue weighted by atomic mass is 10.1. The summed E-state index contributed by atoms with van der Waals surface area (Å²) < 4.78 is 36.7. The summed E-state index contributed by atoms with van der Waals surface area (Å²) in [5, 5.41) is 0. The molecule has 0 fully saturated rings. The second-order valence-corrected chi connectivity index (χ2v) is 5.63. The molecule has 0 spiro atoms. The van der Waals surface area contributed by atoms with Gasteiger partial charge in [0, 0.05) is 13.6 Å². The minimum Gasteiger partial charge on any atom is -0.213 e. The Kier molecular flexibility index (Phi) is 3.46. The van der Waals surface area contributed by atoms with Crippen LogP contribution < -0.4 is 0 Å². The molecule has 0 aliphatic rings. The summed E-state index contributed by atoms with van der Waals surface area (Å²) in [6.45, 7) is 1.84. The fraction of sp³-hybridized carbons (Fsp3) is 0.400. The summed E-state index contributed by atoms with van der Waals surface area (Å²) in [5.74, 6) is -0.311. The molecule has 0 amide bonds. The molecule has 0 radical (unpaired) electrons. The van der Waals surface area contributed by atoms with Gasteiger partial charge in [0.05, 0.1) is 6.26 Å². The molecule has 3 nitrogen and oxygen atoms in total. The van der Waals surface area contributed by atoms with E-state index in [0.717, 1.165) is 6.26 Å². The lowest BCUT2D eigenvalue weighted by Gasteiger charge is -2.15. The normalized spacial score (nSPS) is 12.1. The van der Waals surface area contributed by atoms with Crippen LogP contribution in [-0.4, -0.2) is 26.0 Å². The molecule has 1 aromatic carbocycles. The van der Waals surface area contributed by atoms with Gasteiger partial charge in [-0.1, -0.05) is 12.1 Å². The first-order valence-corrected chi connectivity index (χ1v) is 6.32. The van der Waals surface area contributed by atoms with Gasteiger partial charge in [-0.05, 0) is 24.1 Å². The van der Waals surface area contributed by atoms with Crippen molar-refractivity contribution in [3.05, 3.63) is 35.1 Å². The predicted molar refractivity (Wildman–Crippen MR) is 57.4 cm³/mol. The van der Waals surface area contributed by atoms with Crippen LogP contribution in [-0.2, 0) is 16.6 Å². The largest absolute Gasteiger partial charge is 0.213 e.